The summed E-state index contributed by atoms with van der Waals surface area (Å²) in [6.07, 6.45) is 2.12. The van der Waals surface area contributed by atoms with E-state index in [4.69, 9.17) is 11.6 Å². The van der Waals surface area contributed by atoms with Crippen molar-refractivity contribution in [1.82, 2.24) is 14.8 Å². The van der Waals surface area contributed by atoms with Crippen molar-refractivity contribution in [3.05, 3.63) is 62.0 Å². The Morgan fingerprint density at radius 3 is 2.70 bits per heavy atom. The van der Waals surface area contributed by atoms with Gasteiger partial charge < -0.3 is 19.9 Å². The molecule has 2 aliphatic heterocycles. The molecule has 158 valence electrons. The maximum absolute atomic E-state index is 13.9. The number of benzene rings is 1. The molecule has 0 spiro atoms. The average molecular weight is 438 g/mol. The van der Waals surface area contributed by atoms with Gasteiger partial charge in [0.25, 0.3) is 11.8 Å². The smallest absolute Gasteiger partial charge is 0.274 e. The SMILES string of the molecule is CC[C@@H]1CN2C(=O)c3c(O)c(=O)c(C(=O)NCc4cc(Cl)c(F)cc4F)cn3C[C@@H]12. The lowest BCUT2D eigenvalue weighted by Crippen LogP contribution is -2.63. The first kappa shape index (κ1) is 20.3. The Bertz CT molecular complexity index is 1130. The summed E-state index contributed by atoms with van der Waals surface area (Å²) in [5, 5.41) is 12.4. The highest BCUT2D eigenvalue weighted by atomic mass is 35.5. The Morgan fingerprint density at radius 2 is 2.00 bits per heavy atom. The van der Waals surface area contributed by atoms with E-state index in [1.54, 1.807) is 4.90 Å². The molecule has 1 fully saturated rings. The third-order valence-corrected chi connectivity index (χ3v) is 6.07. The monoisotopic (exact) mass is 437 g/mol. The van der Waals surface area contributed by atoms with Gasteiger partial charge in [-0.15, -0.1) is 0 Å². The van der Waals surface area contributed by atoms with E-state index >= 15 is 0 Å². The zero-order chi connectivity index (χ0) is 21.7. The fraction of sp³-hybridized carbons (Fsp3) is 0.350. The van der Waals surface area contributed by atoms with Gasteiger partial charge in [-0.05, 0) is 18.4 Å². The van der Waals surface area contributed by atoms with Crippen LogP contribution in [-0.4, -0.2) is 39.0 Å². The molecule has 2 aliphatic rings. The summed E-state index contributed by atoms with van der Waals surface area (Å²) < 4.78 is 28.5. The first-order chi connectivity index (χ1) is 14.2. The second-order valence-corrected chi connectivity index (χ2v) is 7.86. The standard InChI is InChI=1S/C20H18ClF2N3O4/c1-2-9-6-26-15(9)8-25-7-11(17(27)18(28)16(25)20(26)30)19(29)24-5-10-3-12(21)14(23)4-13(10)22/h3-4,7,9,15,28H,2,5-6,8H2,1H3,(H,24,29)/t9-,15+/m1/s1. The third kappa shape index (κ3) is 3.13. The van der Waals surface area contributed by atoms with E-state index in [-0.39, 0.29) is 34.4 Å². The van der Waals surface area contributed by atoms with Gasteiger partial charge in [0.15, 0.2) is 11.4 Å². The van der Waals surface area contributed by atoms with E-state index in [0.717, 1.165) is 12.5 Å². The van der Waals surface area contributed by atoms with Gasteiger partial charge in [-0.25, -0.2) is 8.78 Å². The third-order valence-electron chi connectivity index (χ3n) is 5.78. The van der Waals surface area contributed by atoms with Crippen molar-refractivity contribution in [3.8, 4) is 5.75 Å². The molecule has 0 bridgehead atoms. The van der Waals surface area contributed by atoms with Gasteiger partial charge in [-0.2, -0.15) is 0 Å². The number of nitrogens with one attached hydrogen (secondary N) is 1. The lowest BCUT2D eigenvalue weighted by molar-refractivity contribution is -0.00401. The molecule has 10 heteroatoms. The van der Waals surface area contributed by atoms with Crippen LogP contribution in [0.3, 0.4) is 0 Å². The summed E-state index contributed by atoms with van der Waals surface area (Å²) in [6, 6.07) is 1.59. The minimum absolute atomic E-state index is 0.0525. The summed E-state index contributed by atoms with van der Waals surface area (Å²) >= 11 is 5.64. The highest BCUT2D eigenvalue weighted by Gasteiger charge is 2.46. The summed E-state index contributed by atoms with van der Waals surface area (Å²) in [5.74, 6) is -3.61. The molecule has 1 aromatic carbocycles. The van der Waals surface area contributed by atoms with Crippen LogP contribution in [0.25, 0.3) is 0 Å². The molecule has 2 aromatic rings. The van der Waals surface area contributed by atoms with Crippen molar-refractivity contribution in [2.45, 2.75) is 32.5 Å². The van der Waals surface area contributed by atoms with Crippen molar-refractivity contribution in [3.63, 3.8) is 0 Å². The van der Waals surface area contributed by atoms with E-state index in [1.165, 1.54) is 10.8 Å². The van der Waals surface area contributed by atoms with Gasteiger partial charge in [0.05, 0.1) is 11.1 Å². The molecule has 30 heavy (non-hydrogen) atoms. The molecular weight excluding hydrogens is 420 g/mol. The number of pyridine rings is 1. The quantitative estimate of drug-likeness (QED) is 0.718. The second-order valence-electron chi connectivity index (χ2n) is 7.46. The largest absolute Gasteiger partial charge is 0.503 e. The van der Waals surface area contributed by atoms with Gasteiger partial charge >= 0.3 is 0 Å². The van der Waals surface area contributed by atoms with Crippen LogP contribution < -0.4 is 10.7 Å². The van der Waals surface area contributed by atoms with Gasteiger partial charge in [-0.3, -0.25) is 14.4 Å². The Balaban J connectivity index is 1.61. The average Bonchev–Trinajstić information content (AvgIpc) is 2.68. The molecule has 0 aliphatic carbocycles. The molecular formula is C20H18ClF2N3O4. The summed E-state index contributed by atoms with van der Waals surface area (Å²) in [7, 11) is 0. The van der Waals surface area contributed by atoms with E-state index in [9.17, 15) is 28.3 Å². The highest BCUT2D eigenvalue weighted by molar-refractivity contribution is 6.30. The van der Waals surface area contributed by atoms with Crippen molar-refractivity contribution in [2.75, 3.05) is 6.54 Å². The summed E-state index contributed by atoms with van der Waals surface area (Å²) in [6.45, 7) is 2.60. The molecule has 1 aromatic heterocycles. The van der Waals surface area contributed by atoms with Crippen LogP contribution in [0.4, 0.5) is 8.78 Å². The van der Waals surface area contributed by atoms with Crippen LogP contribution in [0.5, 0.6) is 5.75 Å². The summed E-state index contributed by atoms with van der Waals surface area (Å²) in [5.41, 5.74) is -1.57. The van der Waals surface area contributed by atoms with Crippen molar-refractivity contribution in [2.24, 2.45) is 5.92 Å². The number of rotatable bonds is 4. The van der Waals surface area contributed by atoms with E-state index < -0.39 is 34.6 Å². The molecule has 0 saturated carbocycles. The number of hydrogen-bond donors (Lipinski definition) is 2. The minimum Gasteiger partial charge on any atom is -0.503 e. The molecule has 3 heterocycles. The first-order valence-corrected chi connectivity index (χ1v) is 9.79. The fourth-order valence-electron chi connectivity index (χ4n) is 4.00. The number of aromatic nitrogens is 1. The molecule has 0 unspecified atom stereocenters. The normalized spacial score (nSPS) is 19.7. The number of nitrogens with zero attached hydrogens (tertiary/aromatic N) is 2. The number of halogens is 3. The topological polar surface area (TPSA) is 91.6 Å². The molecule has 7 nitrogen and oxygen atoms in total. The lowest BCUT2D eigenvalue weighted by atomic mass is 9.84. The lowest BCUT2D eigenvalue weighted by Gasteiger charge is -2.51. The van der Waals surface area contributed by atoms with Crippen LogP contribution in [-0.2, 0) is 13.1 Å². The number of hydrogen-bond acceptors (Lipinski definition) is 4. The zero-order valence-electron chi connectivity index (χ0n) is 15.9. The Kier molecular flexibility index (Phi) is 5.01. The number of carbonyl (C=O) groups excluding carboxylic acids is 2. The fourth-order valence-corrected chi connectivity index (χ4v) is 4.18. The molecule has 2 atom stereocenters. The van der Waals surface area contributed by atoms with Gasteiger partial charge in [0.1, 0.15) is 17.2 Å². The van der Waals surface area contributed by atoms with Crippen LogP contribution in [0.2, 0.25) is 5.02 Å². The molecule has 0 radical (unpaired) electrons. The molecule has 2 N–H and O–H groups in total. The predicted octanol–water partition coefficient (Wildman–Crippen LogP) is 2.28. The van der Waals surface area contributed by atoms with Gasteiger partial charge in [-0.1, -0.05) is 18.5 Å². The van der Waals surface area contributed by atoms with Gasteiger partial charge in [0.2, 0.25) is 5.43 Å². The second kappa shape index (κ2) is 7.39. The predicted molar refractivity (Wildman–Crippen MR) is 104 cm³/mol. The van der Waals surface area contributed by atoms with Gasteiger partial charge in [0, 0.05) is 37.5 Å². The number of carbonyl (C=O) groups is 2. The molecule has 2 amide bonds. The van der Waals surface area contributed by atoms with E-state index in [0.29, 0.717) is 25.1 Å². The Hall–Kier alpha value is -2.94. The number of amides is 2. The van der Waals surface area contributed by atoms with Crippen molar-refractivity contribution < 1.29 is 23.5 Å². The van der Waals surface area contributed by atoms with Crippen LogP contribution in [0.1, 0.15) is 39.8 Å². The number of fused-ring (bicyclic) bond motifs is 2. The maximum Gasteiger partial charge on any atom is 0.274 e. The minimum atomic E-state index is -0.990. The van der Waals surface area contributed by atoms with E-state index in [1.807, 2.05) is 6.92 Å². The Labute approximate surface area is 174 Å². The maximum atomic E-state index is 13.9. The van der Waals surface area contributed by atoms with Crippen LogP contribution >= 0.6 is 11.6 Å². The van der Waals surface area contributed by atoms with E-state index in [2.05, 4.69) is 5.32 Å². The highest BCUT2D eigenvalue weighted by Crippen LogP contribution is 2.35. The molecule has 4 rings (SSSR count). The molecule has 1 saturated heterocycles. The van der Waals surface area contributed by atoms with Crippen molar-refractivity contribution in [1.29, 1.82) is 0 Å². The number of aromatic hydroxyl groups is 1. The summed E-state index contributed by atoms with van der Waals surface area (Å²) in [4.78, 5) is 39.3. The van der Waals surface area contributed by atoms with Crippen LogP contribution in [0, 0.1) is 17.6 Å². The zero-order valence-corrected chi connectivity index (χ0v) is 16.7. The first-order valence-electron chi connectivity index (χ1n) is 9.41. The van der Waals surface area contributed by atoms with Crippen molar-refractivity contribution >= 4 is 23.4 Å². The Morgan fingerprint density at radius 1 is 1.27 bits per heavy atom. The van der Waals surface area contributed by atoms with Crippen LogP contribution in [0.15, 0.2) is 23.1 Å².